The highest BCUT2D eigenvalue weighted by molar-refractivity contribution is 6.35. The van der Waals surface area contributed by atoms with Gasteiger partial charge in [0.05, 0.1) is 0 Å². The second kappa shape index (κ2) is 7.39. The van der Waals surface area contributed by atoms with Crippen molar-refractivity contribution in [2.75, 3.05) is 5.32 Å². The average Bonchev–Trinajstić information content (AvgIpc) is 3.23. The molecule has 0 saturated heterocycles. The van der Waals surface area contributed by atoms with Gasteiger partial charge in [-0.15, -0.1) is 0 Å². The maximum Gasteiger partial charge on any atom is 0.226 e. The zero-order valence-electron chi connectivity index (χ0n) is 15.3. The van der Waals surface area contributed by atoms with Gasteiger partial charge in [-0.25, -0.2) is 4.68 Å². The summed E-state index contributed by atoms with van der Waals surface area (Å²) >= 11 is 12.6. The number of halogens is 2. The van der Waals surface area contributed by atoms with E-state index in [4.69, 9.17) is 23.2 Å². The largest absolute Gasteiger partial charge is 0.324 e. The molecule has 1 aromatic heterocycles. The van der Waals surface area contributed by atoms with Gasteiger partial charge >= 0.3 is 0 Å². The maximum atomic E-state index is 6.48. The lowest BCUT2D eigenvalue weighted by atomic mass is 9.99. The van der Waals surface area contributed by atoms with Crippen LogP contribution in [-0.2, 0) is 0 Å². The minimum Gasteiger partial charge on any atom is -0.324 e. The lowest BCUT2D eigenvalue weighted by molar-refractivity contribution is 0.612. The van der Waals surface area contributed by atoms with Crippen LogP contribution in [0.5, 0.6) is 0 Å². The summed E-state index contributed by atoms with van der Waals surface area (Å²) in [5.41, 5.74) is 5.30. The summed E-state index contributed by atoms with van der Waals surface area (Å²) < 4.78 is 1.82. The third-order valence-electron chi connectivity index (χ3n) is 4.99. The normalized spacial score (nSPS) is 15.4. The van der Waals surface area contributed by atoms with Crippen molar-refractivity contribution in [3.8, 4) is 11.1 Å². The quantitative estimate of drug-likeness (QED) is 0.423. The number of nitrogens with one attached hydrogen (secondary N) is 1. The molecule has 5 rings (SSSR count). The number of rotatable bonds is 3. The Morgan fingerprint density at radius 3 is 2.31 bits per heavy atom. The molecule has 1 aliphatic heterocycles. The van der Waals surface area contributed by atoms with E-state index in [1.165, 1.54) is 17.5 Å². The SMILES string of the molecule is Clc1ccc([C@@H]2C=C(c3ccc(-c4ccccc4)cc3)Nc3ncnn32)c(Cl)c1. The van der Waals surface area contributed by atoms with Crippen molar-refractivity contribution >= 4 is 34.8 Å². The van der Waals surface area contributed by atoms with Crippen LogP contribution in [-0.4, -0.2) is 14.8 Å². The van der Waals surface area contributed by atoms with E-state index in [1.807, 2.05) is 35.0 Å². The fourth-order valence-electron chi connectivity index (χ4n) is 3.54. The topological polar surface area (TPSA) is 42.7 Å². The summed E-state index contributed by atoms with van der Waals surface area (Å²) in [5.74, 6) is 0.672. The first-order chi connectivity index (χ1) is 14.2. The van der Waals surface area contributed by atoms with E-state index in [9.17, 15) is 0 Å². The van der Waals surface area contributed by atoms with Crippen LogP contribution in [0.1, 0.15) is 17.2 Å². The molecule has 0 bridgehead atoms. The Morgan fingerprint density at radius 2 is 1.55 bits per heavy atom. The van der Waals surface area contributed by atoms with E-state index in [-0.39, 0.29) is 6.04 Å². The van der Waals surface area contributed by atoms with E-state index in [0.29, 0.717) is 16.0 Å². The fraction of sp³-hybridized carbons (Fsp3) is 0.0435. The van der Waals surface area contributed by atoms with E-state index in [0.717, 1.165) is 16.8 Å². The molecule has 0 amide bonds. The summed E-state index contributed by atoms with van der Waals surface area (Å²) in [4.78, 5) is 4.35. The van der Waals surface area contributed by atoms with E-state index < -0.39 is 0 Å². The zero-order valence-corrected chi connectivity index (χ0v) is 16.8. The number of anilines is 1. The number of hydrogen-bond donors (Lipinski definition) is 1. The second-order valence-electron chi connectivity index (χ2n) is 6.79. The molecule has 4 nitrogen and oxygen atoms in total. The van der Waals surface area contributed by atoms with Crippen LogP contribution >= 0.6 is 23.2 Å². The van der Waals surface area contributed by atoms with E-state index in [2.05, 4.69) is 57.9 Å². The van der Waals surface area contributed by atoms with E-state index >= 15 is 0 Å². The molecule has 3 aromatic carbocycles. The Labute approximate surface area is 178 Å². The minimum absolute atomic E-state index is 0.178. The van der Waals surface area contributed by atoms with Crippen LogP contribution in [0.2, 0.25) is 10.0 Å². The Bertz CT molecular complexity index is 1200. The molecule has 0 spiro atoms. The van der Waals surface area contributed by atoms with Crippen LogP contribution in [0.25, 0.3) is 16.8 Å². The van der Waals surface area contributed by atoms with Crippen molar-refractivity contribution in [2.24, 2.45) is 0 Å². The van der Waals surface area contributed by atoms with Crippen LogP contribution in [0.4, 0.5) is 5.95 Å². The van der Waals surface area contributed by atoms with Gasteiger partial charge in [0.15, 0.2) is 0 Å². The standard InChI is InChI=1S/C23H16Cl2N4/c24-18-10-11-19(20(25)12-18)22-13-21(28-23-26-14-27-29(22)23)17-8-6-16(7-9-17)15-4-2-1-3-5-15/h1-14,22H,(H,26,27,28)/t22-/m0/s1. The number of allylic oxidation sites excluding steroid dienone is 1. The molecule has 0 fully saturated rings. The predicted octanol–water partition coefficient (Wildman–Crippen LogP) is 6.31. The molecule has 0 saturated carbocycles. The fourth-order valence-corrected chi connectivity index (χ4v) is 4.06. The Balaban J connectivity index is 1.54. The first kappa shape index (κ1) is 18.0. The molecule has 0 aliphatic carbocycles. The van der Waals surface area contributed by atoms with Crippen LogP contribution in [0.15, 0.2) is 85.2 Å². The third-order valence-corrected chi connectivity index (χ3v) is 5.55. The molecule has 2 heterocycles. The van der Waals surface area contributed by atoms with Gasteiger partial charge in [-0.1, -0.05) is 83.9 Å². The number of hydrogen-bond acceptors (Lipinski definition) is 3. The maximum absolute atomic E-state index is 6.48. The first-order valence-corrected chi connectivity index (χ1v) is 9.94. The van der Waals surface area contributed by atoms with Gasteiger partial charge in [0.2, 0.25) is 5.95 Å². The van der Waals surface area contributed by atoms with Gasteiger partial charge in [0, 0.05) is 15.7 Å². The highest BCUT2D eigenvalue weighted by Crippen LogP contribution is 2.36. The predicted molar refractivity (Wildman–Crippen MR) is 118 cm³/mol. The van der Waals surface area contributed by atoms with E-state index in [1.54, 1.807) is 6.07 Å². The second-order valence-corrected chi connectivity index (χ2v) is 7.63. The number of aromatic nitrogens is 3. The van der Waals surface area contributed by atoms with Crippen LogP contribution in [0.3, 0.4) is 0 Å². The lowest BCUT2D eigenvalue weighted by Gasteiger charge is -2.25. The number of fused-ring (bicyclic) bond motifs is 1. The number of benzene rings is 3. The highest BCUT2D eigenvalue weighted by atomic mass is 35.5. The summed E-state index contributed by atoms with van der Waals surface area (Å²) in [5, 5.41) is 8.93. The Morgan fingerprint density at radius 1 is 0.828 bits per heavy atom. The third kappa shape index (κ3) is 3.41. The van der Waals surface area contributed by atoms with Crippen LogP contribution in [0, 0.1) is 0 Å². The molecule has 142 valence electrons. The molecule has 29 heavy (non-hydrogen) atoms. The summed E-state index contributed by atoms with van der Waals surface area (Å²) in [6.45, 7) is 0. The number of nitrogens with zero attached hydrogens (tertiary/aromatic N) is 3. The van der Waals surface area contributed by atoms with Gasteiger partial charge in [-0.05, 0) is 40.5 Å². The lowest BCUT2D eigenvalue weighted by Crippen LogP contribution is -2.20. The zero-order chi connectivity index (χ0) is 19.8. The molecular weight excluding hydrogens is 403 g/mol. The van der Waals surface area contributed by atoms with Crippen molar-refractivity contribution in [1.29, 1.82) is 0 Å². The average molecular weight is 419 g/mol. The van der Waals surface area contributed by atoms with Crippen molar-refractivity contribution in [1.82, 2.24) is 14.8 Å². The molecule has 4 aromatic rings. The van der Waals surface area contributed by atoms with Crippen molar-refractivity contribution in [2.45, 2.75) is 6.04 Å². The van der Waals surface area contributed by atoms with Crippen molar-refractivity contribution in [3.63, 3.8) is 0 Å². The molecular formula is C23H16Cl2N4. The summed E-state index contributed by atoms with van der Waals surface area (Å²) in [6.07, 6.45) is 3.64. The molecule has 1 atom stereocenters. The van der Waals surface area contributed by atoms with Crippen LogP contribution < -0.4 is 5.32 Å². The Kier molecular flexibility index (Phi) is 4.58. The molecule has 6 heteroatoms. The van der Waals surface area contributed by atoms with Crippen molar-refractivity contribution in [3.05, 3.63) is 106 Å². The van der Waals surface area contributed by atoms with Crippen molar-refractivity contribution < 1.29 is 0 Å². The summed E-state index contributed by atoms with van der Waals surface area (Å²) in [6, 6.07) is 24.1. The van der Waals surface area contributed by atoms with Gasteiger partial charge in [-0.2, -0.15) is 10.1 Å². The molecule has 1 N–H and O–H groups in total. The first-order valence-electron chi connectivity index (χ1n) is 9.18. The van der Waals surface area contributed by atoms with Gasteiger partial charge in [0.1, 0.15) is 12.4 Å². The molecule has 0 unspecified atom stereocenters. The minimum atomic E-state index is -0.178. The Hall–Kier alpha value is -3.08. The van der Waals surface area contributed by atoms with Gasteiger partial charge in [-0.3, -0.25) is 0 Å². The molecule has 0 radical (unpaired) electrons. The van der Waals surface area contributed by atoms with Gasteiger partial charge in [0.25, 0.3) is 0 Å². The highest BCUT2D eigenvalue weighted by Gasteiger charge is 2.25. The molecule has 1 aliphatic rings. The summed E-state index contributed by atoms with van der Waals surface area (Å²) in [7, 11) is 0. The van der Waals surface area contributed by atoms with Gasteiger partial charge < -0.3 is 5.32 Å². The smallest absolute Gasteiger partial charge is 0.226 e. The monoisotopic (exact) mass is 418 g/mol.